The Hall–Kier alpha value is -2.52. The predicted molar refractivity (Wildman–Crippen MR) is 118 cm³/mol. The van der Waals surface area contributed by atoms with E-state index in [4.69, 9.17) is 0 Å². The van der Waals surface area contributed by atoms with Crippen LogP contribution in [0.4, 0.5) is 0 Å². The first-order chi connectivity index (χ1) is 14.0. The van der Waals surface area contributed by atoms with Crippen LogP contribution in [0.1, 0.15) is 30.7 Å². The summed E-state index contributed by atoms with van der Waals surface area (Å²) in [7, 11) is 0. The van der Waals surface area contributed by atoms with Crippen molar-refractivity contribution < 1.29 is 0 Å². The van der Waals surface area contributed by atoms with Crippen molar-refractivity contribution in [1.29, 1.82) is 0 Å². The van der Waals surface area contributed by atoms with E-state index in [2.05, 4.69) is 34.1 Å². The van der Waals surface area contributed by atoms with Crippen LogP contribution in [0.25, 0.3) is 21.1 Å². The molecule has 29 heavy (non-hydrogen) atoms. The lowest BCUT2D eigenvalue weighted by molar-refractivity contribution is 0.561. The smallest absolute Gasteiger partial charge is 0.278 e. The molecule has 7 nitrogen and oxygen atoms in total. The summed E-state index contributed by atoms with van der Waals surface area (Å²) < 4.78 is 1.28. The van der Waals surface area contributed by atoms with Gasteiger partial charge in [0, 0.05) is 4.88 Å². The molecule has 150 valence electrons. The van der Waals surface area contributed by atoms with Gasteiger partial charge in [-0.1, -0.05) is 49.4 Å². The van der Waals surface area contributed by atoms with Gasteiger partial charge in [-0.2, -0.15) is 4.68 Å². The number of aryl methyl sites for hydroxylation is 1. The third-order valence-corrected chi connectivity index (χ3v) is 6.93. The van der Waals surface area contributed by atoms with Crippen LogP contribution < -0.4 is 11.1 Å². The Morgan fingerprint density at radius 3 is 2.86 bits per heavy atom. The molecule has 4 aromatic rings. The number of nitrogens with zero attached hydrogens (tertiary/aromatic N) is 4. The third-order valence-electron chi connectivity index (χ3n) is 5.04. The minimum absolute atomic E-state index is 0.128. The normalized spacial score (nSPS) is 12.7. The van der Waals surface area contributed by atoms with Crippen molar-refractivity contribution in [3.8, 4) is 0 Å². The van der Waals surface area contributed by atoms with E-state index >= 15 is 0 Å². The van der Waals surface area contributed by atoms with E-state index in [1.807, 2.05) is 13.0 Å². The molecular formula is C20H21N5O2S2. The minimum atomic E-state index is -0.214. The Bertz CT molecular complexity index is 1310. The number of hydrogen-bond donors (Lipinski definition) is 1. The summed E-state index contributed by atoms with van der Waals surface area (Å²) in [6.45, 7) is 6.39. The molecule has 0 saturated carbocycles. The van der Waals surface area contributed by atoms with E-state index in [1.54, 1.807) is 29.5 Å². The van der Waals surface area contributed by atoms with Crippen molar-refractivity contribution in [3.63, 3.8) is 0 Å². The maximum Gasteiger partial charge on any atom is 0.278 e. The van der Waals surface area contributed by atoms with Gasteiger partial charge in [0.15, 0.2) is 5.16 Å². The quantitative estimate of drug-likeness (QED) is 0.372. The molecular weight excluding hydrogens is 406 g/mol. The van der Waals surface area contributed by atoms with Gasteiger partial charge in [-0.05, 0) is 37.0 Å². The van der Waals surface area contributed by atoms with Crippen molar-refractivity contribution in [2.75, 3.05) is 0 Å². The van der Waals surface area contributed by atoms with Crippen molar-refractivity contribution in [2.24, 2.45) is 5.92 Å². The van der Waals surface area contributed by atoms with Crippen LogP contribution in [0.5, 0.6) is 0 Å². The molecule has 3 heterocycles. The average molecular weight is 428 g/mol. The largest absolute Gasteiger partial charge is 0.301 e. The van der Waals surface area contributed by atoms with Crippen LogP contribution in [0.2, 0.25) is 0 Å². The van der Waals surface area contributed by atoms with Crippen molar-refractivity contribution in [1.82, 2.24) is 25.0 Å². The van der Waals surface area contributed by atoms with Crippen LogP contribution in [-0.4, -0.2) is 25.0 Å². The molecule has 0 radical (unpaired) electrons. The molecule has 0 aliphatic heterocycles. The summed E-state index contributed by atoms with van der Waals surface area (Å²) in [5.74, 6) is 0.730. The van der Waals surface area contributed by atoms with Gasteiger partial charge in [-0.25, -0.2) is 4.98 Å². The molecule has 0 unspecified atom stereocenters. The number of benzene rings is 1. The molecule has 3 aromatic heterocycles. The predicted octanol–water partition coefficient (Wildman–Crippen LogP) is 3.74. The van der Waals surface area contributed by atoms with E-state index in [0.29, 0.717) is 27.4 Å². The lowest BCUT2D eigenvalue weighted by Gasteiger charge is -2.08. The van der Waals surface area contributed by atoms with Crippen molar-refractivity contribution >= 4 is 44.2 Å². The number of rotatable bonds is 6. The summed E-state index contributed by atoms with van der Waals surface area (Å²) >= 11 is 2.80. The lowest BCUT2D eigenvalue weighted by Crippen LogP contribution is -2.23. The molecule has 0 bridgehead atoms. The molecule has 0 spiro atoms. The van der Waals surface area contributed by atoms with Crippen molar-refractivity contribution in [2.45, 2.75) is 44.6 Å². The Labute approximate surface area is 175 Å². The van der Waals surface area contributed by atoms with Gasteiger partial charge in [0.25, 0.3) is 11.1 Å². The maximum absolute atomic E-state index is 12.8. The Kier molecular flexibility index (Phi) is 5.51. The monoisotopic (exact) mass is 427 g/mol. The lowest BCUT2D eigenvalue weighted by atomic mass is 9.98. The fourth-order valence-electron chi connectivity index (χ4n) is 3.19. The fraction of sp³-hybridized carbons (Fsp3) is 0.350. The number of aromatic amines is 1. The molecule has 1 aromatic carbocycles. The van der Waals surface area contributed by atoms with Crippen LogP contribution >= 0.6 is 23.1 Å². The van der Waals surface area contributed by atoms with Gasteiger partial charge < -0.3 is 4.98 Å². The standard InChI is InChI=1S/C20H21N5O2S2/c1-4-11(2)9-14-12(3)29-18-16(14)17(26)21-20(22-18)28-10-25-19(27)13-7-5-6-8-15(13)23-24-25/h5-8,11H,4,9-10H2,1-3H3,(H,21,22,26)/t11-/m0/s1. The first-order valence-corrected chi connectivity index (χ1v) is 11.3. The summed E-state index contributed by atoms with van der Waals surface area (Å²) in [5, 5.41) is 9.75. The average Bonchev–Trinajstić information content (AvgIpc) is 3.03. The SMILES string of the molecule is CC[C@H](C)Cc1c(C)sc2nc(SCn3nnc4ccccc4c3=O)[nH]c(=O)c12. The van der Waals surface area contributed by atoms with Gasteiger partial charge in [0.05, 0.1) is 16.6 Å². The fourth-order valence-corrected chi connectivity index (χ4v) is 5.04. The number of H-pyrrole nitrogens is 1. The number of thiophene rings is 1. The second-order valence-electron chi connectivity index (χ2n) is 7.09. The number of thioether (sulfide) groups is 1. The molecule has 0 aliphatic rings. The van der Waals surface area contributed by atoms with Crippen LogP contribution in [0.15, 0.2) is 39.0 Å². The van der Waals surface area contributed by atoms with Gasteiger partial charge >= 0.3 is 0 Å². The summed E-state index contributed by atoms with van der Waals surface area (Å²) in [6.07, 6.45) is 1.94. The molecule has 0 aliphatic carbocycles. The zero-order valence-corrected chi connectivity index (χ0v) is 18.1. The molecule has 4 rings (SSSR count). The summed E-state index contributed by atoms with van der Waals surface area (Å²) in [6, 6.07) is 7.10. The molecule has 0 amide bonds. The van der Waals surface area contributed by atoms with Crippen LogP contribution in [0.3, 0.4) is 0 Å². The summed E-state index contributed by atoms with van der Waals surface area (Å²) in [4.78, 5) is 34.7. The zero-order valence-electron chi connectivity index (χ0n) is 16.4. The highest BCUT2D eigenvalue weighted by Gasteiger charge is 2.17. The van der Waals surface area contributed by atoms with Gasteiger partial charge in [0.2, 0.25) is 0 Å². The zero-order chi connectivity index (χ0) is 20.5. The number of hydrogen-bond acceptors (Lipinski definition) is 7. The minimum Gasteiger partial charge on any atom is -0.301 e. The molecule has 9 heteroatoms. The van der Waals surface area contributed by atoms with Gasteiger partial charge in [-0.3, -0.25) is 9.59 Å². The van der Waals surface area contributed by atoms with E-state index in [9.17, 15) is 9.59 Å². The van der Waals surface area contributed by atoms with E-state index in [0.717, 1.165) is 28.1 Å². The molecule has 1 atom stereocenters. The number of fused-ring (bicyclic) bond motifs is 2. The highest BCUT2D eigenvalue weighted by Crippen LogP contribution is 2.30. The maximum atomic E-state index is 12.8. The Morgan fingerprint density at radius 1 is 1.28 bits per heavy atom. The van der Waals surface area contributed by atoms with Crippen LogP contribution in [0, 0.1) is 12.8 Å². The third kappa shape index (κ3) is 3.84. The van der Waals surface area contributed by atoms with E-state index in [1.165, 1.54) is 16.4 Å². The van der Waals surface area contributed by atoms with Gasteiger partial charge in [-0.15, -0.1) is 16.4 Å². The second kappa shape index (κ2) is 8.08. The number of aromatic nitrogens is 5. The molecule has 0 fully saturated rings. The Morgan fingerprint density at radius 2 is 2.07 bits per heavy atom. The van der Waals surface area contributed by atoms with Crippen molar-refractivity contribution in [3.05, 3.63) is 55.4 Å². The topological polar surface area (TPSA) is 93.5 Å². The number of nitrogens with one attached hydrogen (secondary N) is 1. The highest BCUT2D eigenvalue weighted by molar-refractivity contribution is 7.98. The van der Waals surface area contributed by atoms with Gasteiger partial charge in [0.1, 0.15) is 10.3 Å². The Balaban J connectivity index is 1.63. The van der Waals surface area contributed by atoms with E-state index < -0.39 is 0 Å². The first kappa shape index (κ1) is 19.8. The molecule has 0 saturated heterocycles. The van der Waals surface area contributed by atoms with Crippen LogP contribution in [-0.2, 0) is 12.3 Å². The summed E-state index contributed by atoms with van der Waals surface area (Å²) in [5.41, 5.74) is 1.32. The van der Waals surface area contributed by atoms with E-state index in [-0.39, 0.29) is 17.0 Å². The highest BCUT2D eigenvalue weighted by atomic mass is 32.2. The second-order valence-corrected chi connectivity index (χ2v) is 9.23. The first-order valence-electron chi connectivity index (χ1n) is 9.45. The molecule has 1 N–H and O–H groups in total.